The third-order valence-electron chi connectivity index (χ3n) is 3.75. The zero-order valence-electron chi connectivity index (χ0n) is 13.9. The van der Waals surface area contributed by atoms with Crippen molar-refractivity contribution in [3.05, 3.63) is 83.0 Å². The van der Waals surface area contributed by atoms with Crippen LogP contribution in [-0.4, -0.2) is 9.78 Å². The van der Waals surface area contributed by atoms with Gasteiger partial charge in [-0.3, -0.25) is 0 Å². The number of anilines is 2. The summed E-state index contributed by atoms with van der Waals surface area (Å²) >= 11 is 3.46. The first-order chi connectivity index (χ1) is 12.1. The van der Waals surface area contributed by atoms with Crippen molar-refractivity contribution in [1.29, 1.82) is 0 Å². The zero-order valence-corrected chi connectivity index (χ0v) is 15.4. The first-order valence-electron chi connectivity index (χ1n) is 7.86. The number of aryl methyl sites for hydroxylation is 1. The number of nitrogens with two attached hydrogens (primary N) is 2. The van der Waals surface area contributed by atoms with Crippen molar-refractivity contribution < 1.29 is 0 Å². The quantitative estimate of drug-likeness (QED) is 0.448. The fraction of sp³-hybridized carbons (Fsp3) is 0.0500. The second-order valence-electron chi connectivity index (χ2n) is 5.65. The molecular weight excluding hydrogens is 376 g/mol. The highest BCUT2D eigenvalue weighted by Crippen LogP contribution is 2.28. The highest BCUT2D eigenvalue weighted by Gasteiger charge is 2.02. The van der Waals surface area contributed by atoms with Crippen LogP contribution in [0.15, 0.2) is 77.3 Å². The van der Waals surface area contributed by atoms with E-state index in [1.54, 1.807) is 4.68 Å². The van der Waals surface area contributed by atoms with Gasteiger partial charge in [0, 0.05) is 16.2 Å². The van der Waals surface area contributed by atoms with Gasteiger partial charge in [0.25, 0.3) is 0 Å². The summed E-state index contributed by atoms with van der Waals surface area (Å²) in [6.45, 7) is 1.93. The Morgan fingerprint density at radius 3 is 2.24 bits per heavy atom. The molecule has 0 saturated carbocycles. The maximum absolute atomic E-state index is 5.77. The van der Waals surface area contributed by atoms with E-state index in [0.717, 1.165) is 26.9 Å². The van der Waals surface area contributed by atoms with Gasteiger partial charge in [0.2, 0.25) is 0 Å². The largest absolute Gasteiger partial charge is 0.398 e. The number of para-hydroxylation sites is 1. The smallest absolute Gasteiger partial charge is 0.127 e. The number of fused-ring (bicyclic) bond motifs is 1. The molecule has 4 rings (SSSR count). The fourth-order valence-electron chi connectivity index (χ4n) is 2.55. The lowest BCUT2D eigenvalue weighted by atomic mass is 10.1. The number of aromatic nitrogens is 2. The van der Waals surface area contributed by atoms with E-state index in [1.165, 1.54) is 5.39 Å². The summed E-state index contributed by atoms with van der Waals surface area (Å²) in [7, 11) is 0. The Hall–Kier alpha value is -2.79. The van der Waals surface area contributed by atoms with E-state index >= 15 is 0 Å². The fourth-order valence-corrected chi connectivity index (χ4v) is 3.04. The second-order valence-corrected chi connectivity index (χ2v) is 6.44. The van der Waals surface area contributed by atoms with Crippen LogP contribution in [0.4, 0.5) is 11.5 Å². The van der Waals surface area contributed by atoms with Crippen molar-refractivity contribution >= 4 is 38.2 Å². The summed E-state index contributed by atoms with van der Waals surface area (Å²) in [5, 5.41) is 6.64. The number of hydrogen-bond acceptors (Lipinski definition) is 3. The van der Waals surface area contributed by atoms with E-state index in [9.17, 15) is 0 Å². The molecule has 126 valence electrons. The van der Waals surface area contributed by atoms with Crippen molar-refractivity contribution in [2.75, 3.05) is 11.5 Å². The summed E-state index contributed by atoms with van der Waals surface area (Å²) < 4.78 is 2.72. The van der Waals surface area contributed by atoms with Crippen molar-refractivity contribution in [3.8, 4) is 5.69 Å². The monoisotopic (exact) mass is 394 g/mol. The molecule has 0 spiro atoms. The first kappa shape index (κ1) is 17.0. The Bertz CT molecular complexity index is 993. The molecule has 3 aromatic carbocycles. The molecule has 0 aliphatic heterocycles. The van der Waals surface area contributed by atoms with Gasteiger partial charge in [0.15, 0.2) is 0 Å². The molecule has 0 fully saturated rings. The van der Waals surface area contributed by atoms with Crippen LogP contribution < -0.4 is 11.5 Å². The number of rotatable bonds is 1. The molecule has 0 unspecified atom stereocenters. The van der Waals surface area contributed by atoms with Crippen LogP contribution in [0.1, 0.15) is 5.69 Å². The van der Waals surface area contributed by atoms with Gasteiger partial charge in [-0.15, -0.1) is 0 Å². The van der Waals surface area contributed by atoms with Crippen LogP contribution in [0.25, 0.3) is 16.5 Å². The topological polar surface area (TPSA) is 69.9 Å². The summed E-state index contributed by atoms with van der Waals surface area (Å²) in [5.74, 6) is 0.670. The molecule has 0 atom stereocenters. The predicted molar refractivity (Wildman–Crippen MR) is 109 cm³/mol. The molecule has 1 heterocycles. The zero-order chi connectivity index (χ0) is 17.8. The molecule has 0 saturated heterocycles. The van der Waals surface area contributed by atoms with Crippen LogP contribution in [0.3, 0.4) is 0 Å². The molecule has 0 radical (unpaired) electrons. The third-order valence-corrected chi connectivity index (χ3v) is 4.64. The lowest BCUT2D eigenvalue weighted by Crippen LogP contribution is -2.00. The Kier molecular flexibility index (Phi) is 5.05. The molecule has 0 aliphatic carbocycles. The lowest BCUT2D eigenvalue weighted by Gasteiger charge is -2.02. The number of nitrogens with zero attached hydrogens (tertiary/aromatic N) is 2. The van der Waals surface area contributed by atoms with Gasteiger partial charge < -0.3 is 11.5 Å². The average Bonchev–Trinajstić information content (AvgIpc) is 2.98. The van der Waals surface area contributed by atoms with E-state index < -0.39 is 0 Å². The lowest BCUT2D eigenvalue weighted by molar-refractivity contribution is 0.872. The van der Waals surface area contributed by atoms with E-state index in [2.05, 4.69) is 33.2 Å². The van der Waals surface area contributed by atoms with Gasteiger partial charge in [-0.1, -0.05) is 48.5 Å². The maximum Gasteiger partial charge on any atom is 0.127 e. The van der Waals surface area contributed by atoms with Crippen LogP contribution in [0.5, 0.6) is 0 Å². The molecular formula is C20H19BrN4. The second kappa shape index (κ2) is 7.40. The molecule has 1 aromatic heterocycles. The Labute approximate surface area is 155 Å². The van der Waals surface area contributed by atoms with Gasteiger partial charge in [-0.05, 0) is 51.8 Å². The number of halogens is 1. The van der Waals surface area contributed by atoms with E-state index in [-0.39, 0.29) is 0 Å². The Morgan fingerprint density at radius 1 is 0.880 bits per heavy atom. The van der Waals surface area contributed by atoms with Crippen molar-refractivity contribution in [3.63, 3.8) is 0 Å². The highest BCUT2D eigenvalue weighted by molar-refractivity contribution is 9.10. The summed E-state index contributed by atoms with van der Waals surface area (Å²) in [5.41, 5.74) is 14.2. The first-order valence-corrected chi connectivity index (χ1v) is 8.66. The number of nitrogen functional groups attached to an aromatic ring is 2. The SMILES string of the molecule is Cc1cc(N)n(-c2ccccc2)n1.Nc1ccc2ccccc2c1Br. The molecule has 4 aromatic rings. The molecule has 5 heteroatoms. The van der Waals surface area contributed by atoms with Gasteiger partial charge in [0.05, 0.1) is 11.4 Å². The summed E-state index contributed by atoms with van der Waals surface area (Å²) in [6, 6.07) is 23.8. The van der Waals surface area contributed by atoms with Gasteiger partial charge >= 0.3 is 0 Å². The molecule has 0 bridgehead atoms. The Morgan fingerprint density at radius 2 is 1.56 bits per heavy atom. The molecule has 25 heavy (non-hydrogen) atoms. The van der Waals surface area contributed by atoms with Crippen LogP contribution in [-0.2, 0) is 0 Å². The summed E-state index contributed by atoms with van der Waals surface area (Å²) in [4.78, 5) is 0. The minimum Gasteiger partial charge on any atom is -0.398 e. The standard InChI is InChI=1S/C10H8BrN.C10H11N3/c11-10-8-4-2-1-3-7(8)5-6-9(10)12;1-8-7-10(11)13(12-8)9-5-3-2-4-6-9/h1-6H,12H2;2-7H,11H2,1H3. The minimum atomic E-state index is 0.670. The van der Waals surface area contributed by atoms with Crippen LogP contribution >= 0.6 is 15.9 Å². The van der Waals surface area contributed by atoms with Gasteiger partial charge in [-0.2, -0.15) is 5.10 Å². The average molecular weight is 395 g/mol. The molecule has 4 nitrogen and oxygen atoms in total. The van der Waals surface area contributed by atoms with Crippen molar-refractivity contribution in [2.24, 2.45) is 0 Å². The number of hydrogen-bond donors (Lipinski definition) is 2. The number of benzene rings is 3. The maximum atomic E-state index is 5.77. The van der Waals surface area contributed by atoms with Gasteiger partial charge in [-0.25, -0.2) is 4.68 Å². The normalized spacial score (nSPS) is 10.3. The minimum absolute atomic E-state index is 0.670. The molecule has 4 N–H and O–H groups in total. The van der Waals surface area contributed by atoms with Crippen molar-refractivity contribution in [1.82, 2.24) is 9.78 Å². The van der Waals surface area contributed by atoms with E-state index in [0.29, 0.717) is 5.82 Å². The Balaban J connectivity index is 0.000000146. The van der Waals surface area contributed by atoms with Gasteiger partial charge in [0.1, 0.15) is 5.82 Å². The molecule has 0 amide bonds. The summed E-state index contributed by atoms with van der Waals surface area (Å²) in [6.07, 6.45) is 0. The van der Waals surface area contributed by atoms with E-state index in [4.69, 9.17) is 11.5 Å². The third kappa shape index (κ3) is 3.83. The highest BCUT2D eigenvalue weighted by atomic mass is 79.9. The predicted octanol–water partition coefficient (Wildman–Crippen LogP) is 4.95. The van der Waals surface area contributed by atoms with Crippen LogP contribution in [0.2, 0.25) is 0 Å². The molecule has 0 aliphatic rings. The van der Waals surface area contributed by atoms with Crippen molar-refractivity contribution in [2.45, 2.75) is 6.92 Å². The van der Waals surface area contributed by atoms with E-state index in [1.807, 2.05) is 67.6 Å². The van der Waals surface area contributed by atoms with Crippen LogP contribution in [0, 0.1) is 6.92 Å².